The van der Waals surface area contributed by atoms with E-state index in [0.717, 1.165) is 24.0 Å². The van der Waals surface area contributed by atoms with Crippen LogP contribution in [-0.4, -0.2) is 6.04 Å². The summed E-state index contributed by atoms with van der Waals surface area (Å²) in [7, 11) is 0. The van der Waals surface area contributed by atoms with Crippen molar-refractivity contribution in [1.29, 1.82) is 0 Å². The molecule has 1 unspecified atom stereocenters. The Hall–Kier alpha value is -0.890. The molecule has 1 rings (SSSR count). The molecule has 0 aromatic heterocycles. The van der Waals surface area contributed by atoms with Crippen LogP contribution >= 0.6 is 0 Å². The summed E-state index contributed by atoms with van der Waals surface area (Å²) in [6, 6.07) is 5.37. The van der Waals surface area contributed by atoms with E-state index in [0.29, 0.717) is 5.92 Å². The summed E-state index contributed by atoms with van der Waals surface area (Å²) in [5, 5.41) is 0. The van der Waals surface area contributed by atoms with Gasteiger partial charge in [0.15, 0.2) is 0 Å². The van der Waals surface area contributed by atoms with Crippen molar-refractivity contribution in [1.82, 2.24) is 0 Å². The average Bonchev–Trinajstić information content (AvgIpc) is 2.12. The molecule has 0 saturated heterocycles. The lowest BCUT2D eigenvalue weighted by Gasteiger charge is -2.15. The van der Waals surface area contributed by atoms with Gasteiger partial charge in [0, 0.05) is 6.04 Å². The molecule has 2 heteroatoms. The maximum Gasteiger partial charge on any atom is 0.123 e. The average molecular weight is 209 g/mol. The van der Waals surface area contributed by atoms with Gasteiger partial charge in [-0.2, -0.15) is 0 Å². The van der Waals surface area contributed by atoms with Crippen LogP contribution in [0.25, 0.3) is 0 Å². The number of halogens is 1. The van der Waals surface area contributed by atoms with Crippen LogP contribution in [0, 0.1) is 18.7 Å². The van der Waals surface area contributed by atoms with Gasteiger partial charge in [0.25, 0.3) is 0 Å². The second kappa shape index (κ2) is 5.26. The predicted octanol–water partition coefficient (Wildman–Crippen LogP) is 3.05. The zero-order valence-electron chi connectivity index (χ0n) is 9.76. The van der Waals surface area contributed by atoms with Crippen molar-refractivity contribution in [3.05, 3.63) is 35.1 Å². The minimum Gasteiger partial charge on any atom is -0.327 e. The Labute approximate surface area is 91.5 Å². The van der Waals surface area contributed by atoms with Crippen LogP contribution in [0.15, 0.2) is 18.2 Å². The monoisotopic (exact) mass is 209 g/mol. The third-order valence-electron chi connectivity index (χ3n) is 2.72. The molecule has 0 radical (unpaired) electrons. The van der Waals surface area contributed by atoms with Gasteiger partial charge >= 0.3 is 0 Å². The van der Waals surface area contributed by atoms with E-state index in [9.17, 15) is 4.39 Å². The standard InChI is InChI=1S/C13H20FN/c1-9(2)13(15)5-4-11-6-10(3)7-12(14)8-11/h6-9,13H,4-5,15H2,1-3H3. The van der Waals surface area contributed by atoms with Crippen molar-refractivity contribution in [3.8, 4) is 0 Å². The minimum absolute atomic E-state index is 0.150. The van der Waals surface area contributed by atoms with E-state index >= 15 is 0 Å². The van der Waals surface area contributed by atoms with Crippen molar-refractivity contribution in [3.63, 3.8) is 0 Å². The first-order valence-corrected chi connectivity index (χ1v) is 5.50. The SMILES string of the molecule is Cc1cc(F)cc(CCC(N)C(C)C)c1. The Morgan fingerprint density at radius 2 is 1.93 bits per heavy atom. The van der Waals surface area contributed by atoms with Gasteiger partial charge in [0.1, 0.15) is 5.82 Å². The maximum atomic E-state index is 13.1. The van der Waals surface area contributed by atoms with Gasteiger partial charge in [-0.05, 0) is 48.9 Å². The molecule has 15 heavy (non-hydrogen) atoms. The van der Waals surface area contributed by atoms with Crippen molar-refractivity contribution in [2.75, 3.05) is 0 Å². The van der Waals surface area contributed by atoms with Crippen LogP contribution in [0.2, 0.25) is 0 Å². The Balaban J connectivity index is 2.57. The summed E-state index contributed by atoms with van der Waals surface area (Å²) in [6.45, 7) is 6.14. The van der Waals surface area contributed by atoms with Gasteiger partial charge in [0.05, 0.1) is 0 Å². The lowest BCUT2D eigenvalue weighted by Crippen LogP contribution is -2.26. The first-order valence-electron chi connectivity index (χ1n) is 5.50. The Bertz CT molecular complexity index is 300. The van der Waals surface area contributed by atoms with Crippen molar-refractivity contribution in [2.45, 2.75) is 39.7 Å². The summed E-state index contributed by atoms with van der Waals surface area (Å²) in [5.74, 6) is 0.336. The van der Waals surface area contributed by atoms with Gasteiger partial charge in [-0.3, -0.25) is 0 Å². The second-order valence-corrected chi connectivity index (χ2v) is 4.58. The van der Waals surface area contributed by atoms with Gasteiger partial charge in [-0.1, -0.05) is 19.9 Å². The largest absolute Gasteiger partial charge is 0.327 e. The Kier molecular flexibility index (Phi) is 4.28. The molecule has 1 atom stereocenters. The third-order valence-corrected chi connectivity index (χ3v) is 2.72. The molecule has 2 N–H and O–H groups in total. The molecule has 0 heterocycles. The zero-order chi connectivity index (χ0) is 11.4. The quantitative estimate of drug-likeness (QED) is 0.810. The molecular formula is C13H20FN. The molecule has 0 aliphatic rings. The van der Waals surface area contributed by atoms with E-state index in [1.807, 2.05) is 13.0 Å². The van der Waals surface area contributed by atoms with Crippen molar-refractivity contribution < 1.29 is 4.39 Å². The van der Waals surface area contributed by atoms with Gasteiger partial charge in [-0.25, -0.2) is 4.39 Å². The number of benzene rings is 1. The molecular weight excluding hydrogens is 189 g/mol. The van der Waals surface area contributed by atoms with E-state index in [1.54, 1.807) is 12.1 Å². The molecule has 0 amide bonds. The Morgan fingerprint density at radius 1 is 1.27 bits per heavy atom. The summed E-state index contributed by atoms with van der Waals surface area (Å²) in [5.41, 5.74) is 7.97. The topological polar surface area (TPSA) is 26.0 Å². The van der Waals surface area contributed by atoms with Crippen LogP contribution in [0.1, 0.15) is 31.4 Å². The summed E-state index contributed by atoms with van der Waals surface area (Å²) in [6.07, 6.45) is 1.78. The van der Waals surface area contributed by atoms with E-state index in [-0.39, 0.29) is 11.9 Å². The summed E-state index contributed by atoms with van der Waals surface area (Å²) >= 11 is 0. The lowest BCUT2D eigenvalue weighted by atomic mass is 9.97. The van der Waals surface area contributed by atoms with Gasteiger partial charge < -0.3 is 5.73 Å². The highest BCUT2D eigenvalue weighted by Gasteiger charge is 2.07. The number of rotatable bonds is 4. The fourth-order valence-electron chi connectivity index (χ4n) is 1.62. The van der Waals surface area contributed by atoms with Crippen molar-refractivity contribution >= 4 is 0 Å². The minimum atomic E-state index is -0.150. The molecule has 0 bridgehead atoms. The molecule has 0 fully saturated rings. The molecule has 84 valence electrons. The van der Waals surface area contributed by atoms with E-state index in [4.69, 9.17) is 5.73 Å². The predicted molar refractivity (Wildman–Crippen MR) is 62.3 cm³/mol. The number of hydrogen-bond donors (Lipinski definition) is 1. The first-order chi connectivity index (χ1) is 6.99. The maximum absolute atomic E-state index is 13.1. The zero-order valence-corrected chi connectivity index (χ0v) is 9.76. The highest BCUT2D eigenvalue weighted by molar-refractivity contribution is 5.23. The highest BCUT2D eigenvalue weighted by Crippen LogP contribution is 2.13. The second-order valence-electron chi connectivity index (χ2n) is 4.58. The van der Waals surface area contributed by atoms with Crippen LogP contribution in [0.3, 0.4) is 0 Å². The normalized spacial score (nSPS) is 13.2. The van der Waals surface area contributed by atoms with E-state index in [2.05, 4.69) is 13.8 Å². The van der Waals surface area contributed by atoms with Crippen LogP contribution in [-0.2, 0) is 6.42 Å². The third kappa shape index (κ3) is 4.00. The van der Waals surface area contributed by atoms with E-state index in [1.165, 1.54) is 0 Å². The van der Waals surface area contributed by atoms with Crippen molar-refractivity contribution in [2.24, 2.45) is 11.7 Å². The highest BCUT2D eigenvalue weighted by atomic mass is 19.1. The molecule has 0 aliphatic carbocycles. The Morgan fingerprint density at radius 3 is 2.47 bits per heavy atom. The number of hydrogen-bond acceptors (Lipinski definition) is 1. The van der Waals surface area contributed by atoms with E-state index < -0.39 is 0 Å². The molecule has 0 saturated carbocycles. The number of aryl methyl sites for hydroxylation is 2. The summed E-state index contributed by atoms with van der Waals surface area (Å²) in [4.78, 5) is 0. The van der Waals surface area contributed by atoms with Crippen LogP contribution < -0.4 is 5.73 Å². The van der Waals surface area contributed by atoms with Gasteiger partial charge in [0.2, 0.25) is 0 Å². The fraction of sp³-hybridized carbons (Fsp3) is 0.538. The lowest BCUT2D eigenvalue weighted by molar-refractivity contribution is 0.464. The number of nitrogens with two attached hydrogens (primary N) is 1. The smallest absolute Gasteiger partial charge is 0.123 e. The molecule has 0 spiro atoms. The van der Waals surface area contributed by atoms with Crippen LogP contribution in [0.5, 0.6) is 0 Å². The molecule has 1 aromatic carbocycles. The van der Waals surface area contributed by atoms with Crippen LogP contribution in [0.4, 0.5) is 4.39 Å². The molecule has 1 aromatic rings. The molecule has 1 nitrogen and oxygen atoms in total. The van der Waals surface area contributed by atoms with Gasteiger partial charge in [-0.15, -0.1) is 0 Å². The molecule has 0 aliphatic heterocycles. The first kappa shape index (κ1) is 12.2. The summed E-state index contributed by atoms with van der Waals surface area (Å²) < 4.78 is 13.1. The fourth-order valence-corrected chi connectivity index (χ4v) is 1.62.